The van der Waals surface area contributed by atoms with E-state index in [1.807, 2.05) is 6.92 Å². The van der Waals surface area contributed by atoms with Gasteiger partial charge in [-0.05, 0) is 25.1 Å². The second-order valence-corrected chi connectivity index (χ2v) is 4.79. The molecule has 0 saturated carbocycles. The summed E-state index contributed by atoms with van der Waals surface area (Å²) in [6.07, 6.45) is 0.793. The van der Waals surface area contributed by atoms with Gasteiger partial charge in [0.05, 0.1) is 37.7 Å². The van der Waals surface area contributed by atoms with Crippen molar-refractivity contribution >= 4 is 11.6 Å². The van der Waals surface area contributed by atoms with Crippen LogP contribution in [-0.4, -0.2) is 29.1 Å². The molecule has 1 N–H and O–H groups in total. The smallest absolute Gasteiger partial charge is 0.125 e. The molecule has 0 fully saturated rings. The molecule has 1 heterocycles. The third-order valence-corrected chi connectivity index (χ3v) is 3.56. The van der Waals surface area contributed by atoms with Gasteiger partial charge in [-0.25, -0.2) is 0 Å². The number of rotatable bonds is 5. The number of nitrogens with zero attached hydrogens (tertiary/aromatic N) is 2. The SMILES string of the molecule is COc1ccc(OC)c(C(O)Cn2ncc(Cl)c2C)c1. The summed E-state index contributed by atoms with van der Waals surface area (Å²) in [5.41, 5.74) is 1.46. The zero-order valence-electron chi connectivity index (χ0n) is 11.6. The van der Waals surface area contributed by atoms with Crippen LogP contribution in [0.1, 0.15) is 17.4 Å². The Morgan fingerprint density at radius 1 is 1.35 bits per heavy atom. The van der Waals surface area contributed by atoms with Crippen LogP contribution in [0.2, 0.25) is 5.02 Å². The van der Waals surface area contributed by atoms with Crippen LogP contribution in [-0.2, 0) is 6.54 Å². The van der Waals surface area contributed by atoms with Gasteiger partial charge in [-0.3, -0.25) is 4.68 Å². The zero-order chi connectivity index (χ0) is 14.7. The Morgan fingerprint density at radius 3 is 2.65 bits per heavy atom. The second kappa shape index (κ2) is 6.15. The minimum Gasteiger partial charge on any atom is -0.497 e. The van der Waals surface area contributed by atoms with Crippen LogP contribution in [0.25, 0.3) is 0 Å². The Labute approximate surface area is 122 Å². The van der Waals surface area contributed by atoms with E-state index in [9.17, 15) is 5.11 Å². The molecule has 0 bridgehead atoms. The first-order valence-electron chi connectivity index (χ1n) is 6.14. The molecule has 0 aliphatic carbocycles. The van der Waals surface area contributed by atoms with Crippen LogP contribution >= 0.6 is 11.6 Å². The van der Waals surface area contributed by atoms with Crippen molar-refractivity contribution in [3.05, 3.63) is 40.7 Å². The first kappa shape index (κ1) is 14.7. The van der Waals surface area contributed by atoms with Gasteiger partial charge in [0.1, 0.15) is 17.6 Å². The molecule has 0 saturated heterocycles. The van der Waals surface area contributed by atoms with Crippen LogP contribution in [0.15, 0.2) is 24.4 Å². The third kappa shape index (κ3) is 2.89. The number of hydrogen-bond donors (Lipinski definition) is 1. The Bertz CT molecular complexity index is 598. The Morgan fingerprint density at radius 2 is 2.10 bits per heavy atom. The van der Waals surface area contributed by atoms with E-state index in [-0.39, 0.29) is 0 Å². The molecule has 2 aromatic rings. The molecule has 1 unspecified atom stereocenters. The van der Waals surface area contributed by atoms with E-state index >= 15 is 0 Å². The van der Waals surface area contributed by atoms with E-state index in [2.05, 4.69) is 5.10 Å². The lowest BCUT2D eigenvalue weighted by Gasteiger charge is -2.16. The number of aliphatic hydroxyl groups is 1. The third-order valence-electron chi connectivity index (χ3n) is 3.19. The predicted molar refractivity (Wildman–Crippen MR) is 76.5 cm³/mol. The van der Waals surface area contributed by atoms with Crippen molar-refractivity contribution in [1.29, 1.82) is 0 Å². The fourth-order valence-corrected chi connectivity index (χ4v) is 2.11. The molecule has 2 rings (SSSR count). The van der Waals surface area contributed by atoms with Crippen molar-refractivity contribution in [3.63, 3.8) is 0 Å². The van der Waals surface area contributed by atoms with Gasteiger partial charge in [-0.15, -0.1) is 0 Å². The average Bonchev–Trinajstić information content (AvgIpc) is 2.78. The summed E-state index contributed by atoms with van der Waals surface area (Å²) in [6, 6.07) is 5.30. The predicted octanol–water partition coefficient (Wildman–Crippen LogP) is 2.60. The molecular weight excluding hydrogens is 280 g/mol. The van der Waals surface area contributed by atoms with E-state index in [1.54, 1.807) is 43.3 Å². The number of halogens is 1. The number of methoxy groups -OCH3 is 2. The molecule has 6 heteroatoms. The van der Waals surface area contributed by atoms with Crippen molar-refractivity contribution in [2.45, 2.75) is 19.6 Å². The van der Waals surface area contributed by atoms with Crippen molar-refractivity contribution in [2.75, 3.05) is 14.2 Å². The van der Waals surface area contributed by atoms with Crippen molar-refractivity contribution in [1.82, 2.24) is 9.78 Å². The second-order valence-electron chi connectivity index (χ2n) is 4.38. The van der Waals surface area contributed by atoms with Crippen LogP contribution < -0.4 is 9.47 Å². The molecule has 0 spiro atoms. The van der Waals surface area contributed by atoms with Crippen LogP contribution in [0.5, 0.6) is 11.5 Å². The lowest BCUT2D eigenvalue weighted by atomic mass is 10.1. The summed E-state index contributed by atoms with van der Waals surface area (Å²) >= 11 is 5.96. The van der Waals surface area contributed by atoms with E-state index in [4.69, 9.17) is 21.1 Å². The molecule has 108 valence electrons. The minimum atomic E-state index is -0.769. The van der Waals surface area contributed by atoms with Gasteiger partial charge in [0.15, 0.2) is 0 Å². The highest BCUT2D eigenvalue weighted by atomic mass is 35.5. The summed E-state index contributed by atoms with van der Waals surface area (Å²) in [6.45, 7) is 2.15. The number of ether oxygens (including phenoxy) is 2. The first-order chi connectivity index (χ1) is 9.56. The molecule has 1 aromatic heterocycles. The highest BCUT2D eigenvalue weighted by molar-refractivity contribution is 6.31. The standard InChI is InChI=1S/C14H17ClN2O3/c1-9-12(15)7-16-17(9)8-13(18)11-6-10(19-2)4-5-14(11)20-3/h4-7,13,18H,8H2,1-3H3. The topological polar surface area (TPSA) is 56.5 Å². The summed E-state index contributed by atoms with van der Waals surface area (Å²) < 4.78 is 12.1. The molecule has 20 heavy (non-hydrogen) atoms. The van der Waals surface area contributed by atoms with Crippen molar-refractivity contribution in [2.24, 2.45) is 0 Å². The summed E-state index contributed by atoms with van der Waals surface area (Å²) in [5.74, 6) is 1.27. The molecule has 5 nitrogen and oxygen atoms in total. The van der Waals surface area contributed by atoms with Gasteiger partial charge in [-0.2, -0.15) is 5.10 Å². The van der Waals surface area contributed by atoms with Crippen LogP contribution in [0, 0.1) is 6.92 Å². The van der Waals surface area contributed by atoms with Gasteiger partial charge in [-0.1, -0.05) is 11.6 Å². The highest BCUT2D eigenvalue weighted by Gasteiger charge is 2.17. The van der Waals surface area contributed by atoms with Crippen molar-refractivity contribution < 1.29 is 14.6 Å². The monoisotopic (exact) mass is 296 g/mol. The number of benzene rings is 1. The maximum atomic E-state index is 10.4. The molecule has 0 aliphatic heterocycles. The molecule has 1 atom stereocenters. The number of aromatic nitrogens is 2. The number of hydrogen-bond acceptors (Lipinski definition) is 4. The maximum Gasteiger partial charge on any atom is 0.125 e. The summed E-state index contributed by atoms with van der Waals surface area (Å²) in [7, 11) is 3.14. The lowest BCUT2D eigenvalue weighted by Crippen LogP contribution is -2.12. The lowest BCUT2D eigenvalue weighted by molar-refractivity contribution is 0.146. The van der Waals surface area contributed by atoms with Gasteiger partial charge >= 0.3 is 0 Å². The normalized spacial score (nSPS) is 12.2. The van der Waals surface area contributed by atoms with Crippen LogP contribution in [0.4, 0.5) is 0 Å². The van der Waals surface area contributed by atoms with Crippen molar-refractivity contribution in [3.8, 4) is 11.5 Å². The summed E-state index contributed by atoms with van der Waals surface area (Å²) in [4.78, 5) is 0. The molecule has 1 aromatic carbocycles. The van der Waals surface area contributed by atoms with Crippen LogP contribution in [0.3, 0.4) is 0 Å². The molecular formula is C14H17ClN2O3. The highest BCUT2D eigenvalue weighted by Crippen LogP contribution is 2.30. The average molecular weight is 297 g/mol. The molecule has 0 radical (unpaired) electrons. The number of aliphatic hydroxyl groups excluding tert-OH is 1. The van der Waals surface area contributed by atoms with Gasteiger partial charge in [0.2, 0.25) is 0 Å². The molecule has 0 amide bonds. The maximum absolute atomic E-state index is 10.4. The van der Waals surface area contributed by atoms with E-state index in [0.717, 1.165) is 5.69 Å². The quantitative estimate of drug-likeness (QED) is 0.921. The largest absolute Gasteiger partial charge is 0.497 e. The minimum absolute atomic E-state index is 0.294. The van der Waals surface area contributed by atoms with E-state index in [1.165, 1.54) is 0 Å². The first-order valence-corrected chi connectivity index (χ1v) is 6.52. The zero-order valence-corrected chi connectivity index (χ0v) is 12.4. The fourth-order valence-electron chi connectivity index (χ4n) is 1.97. The fraction of sp³-hybridized carbons (Fsp3) is 0.357. The Kier molecular flexibility index (Phi) is 4.52. The van der Waals surface area contributed by atoms with E-state index < -0.39 is 6.10 Å². The molecule has 0 aliphatic rings. The summed E-state index contributed by atoms with van der Waals surface area (Å²) in [5, 5.41) is 15.1. The Balaban J connectivity index is 2.28. The van der Waals surface area contributed by atoms with Gasteiger partial charge in [0, 0.05) is 5.56 Å². The Hall–Kier alpha value is -1.72. The van der Waals surface area contributed by atoms with Gasteiger partial charge in [0.25, 0.3) is 0 Å². The van der Waals surface area contributed by atoms with Gasteiger partial charge < -0.3 is 14.6 Å². The van der Waals surface area contributed by atoms with E-state index in [0.29, 0.717) is 28.6 Å².